The van der Waals surface area contributed by atoms with Crippen molar-refractivity contribution in [1.82, 2.24) is 4.98 Å². The minimum atomic E-state index is -5.30. The summed E-state index contributed by atoms with van der Waals surface area (Å²) in [6.45, 7) is 0. The molecule has 2 aromatic rings. The molecule has 0 saturated heterocycles. The number of carbonyl (C=O) groups excluding carboxylic acids is 3. The molecule has 3 amide bonds. The highest BCUT2D eigenvalue weighted by Gasteiger charge is 2.42. The maximum atomic E-state index is 12.6. The van der Waals surface area contributed by atoms with Crippen LogP contribution < -0.4 is 15.5 Å². The molecule has 2 N–H and O–H groups in total. The van der Waals surface area contributed by atoms with Gasteiger partial charge >= 0.3 is 24.2 Å². The molecule has 1 aliphatic heterocycles. The molecule has 13 heteroatoms. The fourth-order valence-corrected chi connectivity index (χ4v) is 2.71. The second-order valence-electron chi connectivity index (χ2n) is 5.67. The van der Waals surface area contributed by atoms with Crippen LogP contribution in [-0.4, -0.2) is 42.1 Å². The minimum absolute atomic E-state index is 0.0619. The van der Waals surface area contributed by atoms with E-state index in [1.807, 2.05) is 0 Å². The second kappa shape index (κ2) is 6.07. The molecule has 148 valence electrons. The van der Waals surface area contributed by atoms with Crippen LogP contribution in [0.3, 0.4) is 0 Å². The Kier molecular flexibility index (Phi) is 4.20. The standard InChI is InChI=1S/C15H8F6N4O3/c1-25-10-7(24-13(28)15(19,20)21)4-6(23-12(27)14(16,17)18)9-8(10)5(11(25)26)2-3-22-9/h2-4H,1H3,(H,23,27)(H,24,28). The van der Waals surface area contributed by atoms with Crippen molar-refractivity contribution in [1.29, 1.82) is 0 Å². The molecule has 0 radical (unpaired) electrons. The van der Waals surface area contributed by atoms with E-state index in [9.17, 15) is 40.7 Å². The van der Waals surface area contributed by atoms with Crippen LogP contribution in [0.1, 0.15) is 10.4 Å². The first-order valence-electron chi connectivity index (χ1n) is 7.32. The maximum Gasteiger partial charge on any atom is 0.471 e. The molecule has 7 nitrogen and oxygen atoms in total. The highest BCUT2D eigenvalue weighted by atomic mass is 19.4. The zero-order valence-corrected chi connectivity index (χ0v) is 13.6. The van der Waals surface area contributed by atoms with Crippen LogP contribution >= 0.6 is 0 Å². The number of amides is 3. The van der Waals surface area contributed by atoms with E-state index in [0.29, 0.717) is 6.07 Å². The second-order valence-corrected chi connectivity index (χ2v) is 5.67. The SMILES string of the molecule is CN1C(=O)c2ccnc3c(NC(=O)C(F)(F)F)cc(NC(=O)C(F)(F)F)c1c23. The largest absolute Gasteiger partial charge is 0.471 e. The number of rotatable bonds is 2. The number of nitrogens with one attached hydrogen (secondary N) is 2. The lowest BCUT2D eigenvalue weighted by molar-refractivity contribution is -0.167. The number of benzene rings is 1. The minimum Gasteiger partial charge on any atom is -0.316 e. The van der Waals surface area contributed by atoms with Crippen molar-refractivity contribution in [3.05, 3.63) is 23.9 Å². The van der Waals surface area contributed by atoms with Gasteiger partial charge in [-0.3, -0.25) is 19.4 Å². The average molecular weight is 406 g/mol. The Morgan fingerprint density at radius 3 is 2.07 bits per heavy atom. The number of alkyl halides is 6. The number of anilines is 3. The lowest BCUT2D eigenvalue weighted by atomic mass is 10.1. The van der Waals surface area contributed by atoms with Crippen LogP contribution in [0.25, 0.3) is 10.9 Å². The summed E-state index contributed by atoms with van der Waals surface area (Å²) in [5.41, 5.74) is -1.75. The van der Waals surface area contributed by atoms with Crippen LogP contribution in [-0.2, 0) is 9.59 Å². The van der Waals surface area contributed by atoms with E-state index in [1.54, 1.807) is 0 Å². The summed E-state index contributed by atoms with van der Waals surface area (Å²) in [6.07, 6.45) is -9.49. The predicted molar refractivity (Wildman–Crippen MR) is 83.8 cm³/mol. The Morgan fingerprint density at radius 2 is 1.54 bits per heavy atom. The molecule has 0 fully saturated rings. The molecular formula is C15H8F6N4O3. The van der Waals surface area contributed by atoms with Crippen molar-refractivity contribution in [3.63, 3.8) is 0 Å². The van der Waals surface area contributed by atoms with E-state index < -0.39 is 41.4 Å². The number of pyridine rings is 1. The van der Waals surface area contributed by atoms with Crippen LogP contribution in [0, 0.1) is 0 Å². The van der Waals surface area contributed by atoms with E-state index in [4.69, 9.17) is 0 Å². The van der Waals surface area contributed by atoms with Crippen molar-refractivity contribution < 1.29 is 40.7 Å². The van der Waals surface area contributed by atoms with Crippen molar-refractivity contribution in [2.24, 2.45) is 0 Å². The van der Waals surface area contributed by atoms with Gasteiger partial charge < -0.3 is 15.5 Å². The average Bonchev–Trinajstić information content (AvgIpc) is 2.83. The molecule has 0 saturated carbocycles. The molecule has 1 aromatic carbocycles. The van der Waals surface area contributed by atoms with Gasteiger partial charge in [0.05, 0.1) is 28.1 Å². The lowest BCUT2D eigenvalue weighted by Gasteiger charge is -2.19. The Hall–Kier alpha value is -3.38. The van der Waals surface area contributed by atoms with Gasteiger partial charge in [-0.1, -0.05) is 0 Å². The highest BCUT2D eigenvalue weighted by Crippen LogP contribution is 2.45. The Morgan fingerprint density at radius 1 is 1.00 bits per heavy atom. The van der Waals surface area contributed by atoms with Gasteiger partial charge in [0.1, 0.15) is 0 Å². The van der Waals surface area contributed by atoms with E-state index >= 15 is 0 Å². The van der Waals surface area contributed by atoms with E-state index in [0.717, 1.165) is 11.1 Å². The number of carbonyl (C=O) groups is 3. The van der Waals surface area contributed by atoms with Gasteiger partial charge in [0, 0.05) is 18.6 Å². The molecule has 0 unspecified atom stereocenters. The molecule has 0 bridgehead atoms. The molecule has 28 heavy (non-hydrogen) atoms. The number of aromatic nitrogens is 1. The summed E-state index contributed by atoms with van der Waals surface area (Å²) in [6, 6.07) is 1.89. The molecule has 0 atom stereocenters. The summed E-state index contributed by atoms with van der Waals surface area (Å²) in [5, 5.41) is 2.91. The summed E-state index contributed by atoms with van der Waals surface area (Å²) in [7, 11) is 1.20. The zero-order valence-electron chi connectivity index (χ0n) is 13.6. The molecule has 1 aliphatic rings. The third-order valence-electron chi connectivity index (χ3n) is 3.87. The van der Waals surface area contributed by atoms with Crippen molar-refractivity contribution in [2.45, 2.75) is 12.4 Å². The van der Waals surface area contributed by atoms with E-state index in [2.05, 4.69) is 4.98 Å². The Balaban J connectivity index is 2.24. The number of halogens is 6. The zero-order chi connectivity index (χ0) is 21.0. The number of hydrogen-bond donors (Lipinski definition) is 2. The monoisotopic (exact) mass is 406 g/mol. The van der Waals surface area contributed by atoms with Gasteiger partial charge in [-0.2, -0.15) is 26.3 Å². The van der Waals surface area contributed by atoms with Crippen LogP contribution in [0.2, 0.25) is 0 Å². The van der Waals surface area contributed by atoms with E-state index in [-0.39, 0.29) is 22.2 Å². The summed E-state index contributed by atoms with van der Waals surface area (Å²) in [5.74, 6) is -5.49. The molecule has 0 spiro atoms. The fraction of sp³-hybridized carbons (Fsp3) is 0.200. The molecular weight excluding hydrogens is 398 g/mol. The quantitative estimate of drug-likeness (QED) is 0.751. The first-order chi connectivity index (χ1) is 12.8. The highest BCUT2D eigenvalue weighted by molar-refractivity contribution is 6.29. The first-order valence-corrected chi connectivity index (χ1v) is 7.32. The third-order valence-corrected chi connectivity index (χ3v) is 3.87. The Bertz CT molecular complexity index is 1030. The fourth-order valence-electron chi connectivity index (χ4n) is 2.71. The summed E-state index contributed by atoms with van der Waals surface area (Å²) < 4.78 is 75.6. The van der Waals surface area contributed by atoms with Gasteiger partial charge in [-0.15, -0.1) is 0 Å². The lowest BCUT2D eigenvalue weighted by Crippen LogP contribution is -2.32. The normalized spacial score (nSPS) is 13.8. The molecule has 1 aromatic heterocycles. The smallest absolute Gasteiger partial charge is 0.316 e. The van der Waals surface area contributed by atoms with E-state index in [1.165, 1.54) is 23.7 Å². The molecule has 2 heterocycles. The topological polar surface area (TPSA) is 91.4 Å². The van der Waals surface area contributed by atoms with Gasteiger partial charge in [0.25, 0.3) is 5.91 Å². The predicted octanol–water partition coefficient (Wildman–Crippen LogP) is 2.83. The van der Waals surface area contributed by atoms with Crippen LogP contribution in [0.4, 0.5) is 43.4 Å². The number of hydrogen-bond acceptors (Lipinski definition) is 4. The third kappa shape index (κ3) is 3.08. The van der Waals surface area contributed by atoms with Gasteiger partial charge in [0.15, 0.2) is 0 Å². The Labute approximate surface area is 151 Å². The van der Waals surface area contributed by atoms with Gasteiger partial charge in [0.2, 0.25) is 0 Å². The van der Waals surface area contributed by atoms with Crippen molar-refractivity contribution in [2.75, 3.05) is 22.6 Å². The van der Waals surface area contributed by atoms with Crippen LogP contribution in [0.15, 0.2) is 18.3 Å². The van der Waals surface area contributed by atoms with Crippen LogP contribution in [0.5, 0.6) is 0 Å². The maximum absolute atomic E-state index is 12.6. The molecule has 0 aliphatic carbocycles. The van der Waals surface area contributed by atoms with Gasteiger partial charge in [-0.05, 0) is 12.1 Å². The summed E-state index contributed by atoms with van der Waals surface area (Å²) >= 11 is 0. The van der Waals surface area contributed by atoms with Crippen molar-refractivity contribution >= 4 is 45.7 Å². The molecule has 3 rings (SSSR count). The van der Waals surface area contributed by atoms with Crippen molar-refractivity contribution in [3.8, 4) is 0 Å². The van der Waals surface area contributed by atoms with Gasteiger partial charge in [-0.25, -0.2) is 0 Å². The first kappa shape index (κ1) is 19.4. The number of nitrogens with zero attached hydrogens (tertiary/aromatic N) is 2. The summed E-state index contributed by atoms with van der Waals surface area (Å²) in [4.78, 5) is 39.6.